The van der Waals surface area contributed by atoms with E-state index < -0.39 is 0 Å². The molecular formula is C20H21NO2. The van der Waals surface area contributed by atoms with Crippen molar-refractivity contribution in [2.24, 2.45) is 0 Å². The number of fused-ring (bicyclic) bond motifs is 1. The minimum atomic E-state index is 0.0329. The van der Waals surface area contributed by atoms with Gasteiger partial charge in [0.15, 0.2) is 0 Å². The molecule has 0 saturated heterocycles. The normalized spacial score (nSPS) is 10.8. The second kappa shape index (κ2) is 7.14. The molecule has 0 aliphatic rings. The molecule has 0 aliphatic carbocycles. The largest absolute Gasteiger partial charge is 0.464 e. The number of hydrogen-bond donors (Lipinski definition) is 1. The molecular weight excluding hydrogens is 286 g/mol. The molecule has 3 rings (SSSR count). The van der Waals surface area contributed by atoms with Gasteiger partial charge in [-0.3, -0.25) is 4.79 Å². The van der Waals surface area contributed by atoms with Gasteiger partial charge >= 0.3 is 0 Å². The smallest absolute Gasteiger partial charge is 0.224 e. The van der Waals surface area contributed by atoms with Crippen molar-refractivity contribution in [1.82, 2.24) is 5.32 Å². The van der Waals surface area contributed by atoms with Crippen LogP contribution in [0.1, 0.15) is 23.6 Å². The minimum Gasteiger partial charge on any atom is -0.464 e. The van der Waals surface area contributed by atoms with E-state index in [9.17, 15) is 4.79 Å². The Morgan fingerprint density at radius 1 is 1.09 bits per heavy atom. The van der Waals surface area contributed by atoms with Crippen LogP contribution in [0.15, 0.2) is 59.2 Å². The molecule has 0 aliphatic heterocycles. The summed E-state index contributed by atoms with van der Waals surface area (Å²) in [6.45, 7) is 2.77. The molecule has 0 saturated carbocycles. The predicted octanol–water partition coefficient (Wildman–Crippen LogP) is 3.90. The van der Waals surface area contributed by atoms with Gasteiger partial charge in [-0.1, -0.05) is 43.3 Å². The number of amides is 1. The van der Waals surface area contributed by atoms with E-state index in [1.54, 1.807) is 6.26 Å². The fraction of sp³-hybridized carbons (Fsp3) is 0.250. The fourth-order valence-corrected chi connectivity index (χ4v) is 2.71. The van der Waals surface area contributed by atoms with Gasteiger partial charge in [0.1, 0.15) is 5.58 Å². The van der Waals surface area contributed by atoms with Crippen LogP contribution < -0.4 is 5.32 Å². The number of hydrogen-bond acceptors (Lipinski definition) is 2. The van der Waals surface area contributed by atoms with Crippen molar-refractivity contribution in [1.29, 1.82) is 0 Å². The van der Waals surface area contributed by atoms with Crippen molar-refractivity contribution in [3.63, 3.8) is 0 Å². The molecule has 1 heterocycles. The van der Waals surface area contributed by atoms with Crippen LogP contribution in [0.25, 0.3) is 11.0 Å². The lowest BCUT2D eigenvalue weighted by Gasteiger charge is -2.05. The number of furan rings is 1. The van der Waals surface area contributed by atoms with E-state index in [1.807, 2.05) is 24.3 Å². The molecule has 23 heavy (non-hydrogen) atoms. The molecule has 1 amide bonds. The third kappa shape index (κ3) is 3.81. The number of carbonyl (C=O) groups excluding carboxylic acids is 1. The maximum Gasteiger partial charge on any atom is 0.224 e. The summed E-state index contributed by atoms with van der Waals surface area (Å²) in [4.78, 5) is 12.1. The molecule has 118 valence electrons. The van der Waals surface area contributed by atoms with Crippen molar-refractivity contribution in [2.45, 2.75) is 26.2 Å². The number of carbonyl (C=O) groups is 1. The summed E-state index contributed by atoms with van der Waals surface area (Å²) in [7, 11) is 0. The molecule has 3 heteroatoms. The molecule has 3 aromatic rings. The van der Waals surface area contributed by atoms with Gasteiger partial charge < -0.3 is 9.73 Å². The molecule has 0 bridgehead atoms. The molecule has 0 spiro atoms. The third-order valence-electron chi connectivity index (χ3n) is 4.06. The van der Waals surface area contributed by atoms with Crippen LogP contribution in [-0.2, 0) is 24.1 Å². The van der Waals surface area contributed by atoms with Crippen LogP contribution >= 0.6 is 0 Å². The Morgan fingerprint density at radius 3 is 2.70 bits per heavy atom. The standard InChI is InChI=1S/C20H21NO2/c1-2-15-8-9-19-18(12-15)17(14-23-19)13-20(22)21-11-10-16-6-4-3-5-7-16/h3-9,12,14H,2,10-11,13H2,1H3,(H,21,22). The topological polar surface area (TPSA) is 42.2 Å². The van der Waals surface area contributed by atoms with Crippen LogP contribution in [0.3, 0.4) is 0 Å². The lowest BCUT2D eigenvalue weighted by atomic mass is 10.1. The van der Waals surface area contributed by atoms with Crippen LogP contribution in [0.5, 0.6) is 0 Å². The van der Waals surface area contributed by atoms with Gasteiger partial charge in [-0.15, -0.1) is 0 Å². The summed E-state index contributed by atoms with van der Waals surface area (Å²) in [5.41, 5.74) is 4.28. The average Bonchev–Trinajstić information content (AvgIpc) is 2.98. The van der Waals surface area contributed by atoms with Gasteiger partial charge in [0.05, 0.1) is 12.7 Å². The highest BCUT2D eigenvalue weighted by Gasteiger charge is 2.10. The molecule has 2 aromatic carbocycles. The maximum atomic E-state index is 12.1. The average molecular weight is 307 g/mol. The first-order chi connectivity index (χ1) is 11.3. The summed E-state index contributed by atoms with van der Waals surface area (Å²) in [6, 6.07) is 16.3. The number of rotatable bonds is 6. The highest BCUT2D eigenvalue weighted by Crippen LogP contribution is 2.23. The summed E-state index contributed by atoms with van der Waals surface area (Å²) in [5.74, 6) is 0.0329. The molecule has 0 fully saturated rings. The molecule has 0 radical (unpaired) electrons. The second-order valence-electron chi connectivity index (χ2n) is 5.71. The van der Waals surface area contributed by atoms with Crippen LogP contribution in [0.2, 0.25) is 0 Å². The van der Waals surface area contributed by atoms with Crippen LogP contribution in [0, 0.1) is 0 Å². The third-order valence-corrected chi connectivity index (χ3v) is 4.06. The molecule has 1 N–H and O–H groups in total. The van der Waals surface area contributed by atoms with Gasteiger partial charge in [0, 0.05) is 17.5 Å². The van der Waals surface area contributed by atoms with Crippen molar-refractivity contribution in [2.75, 3.05) is 6.54 Å². The SMILES string of the molecule is CCc1ccc2occ(CC(=O)NCCc3ccccc3)c2c1. The van der Waals surface area contributed by atoms with Gasteiger partial charge in [-0.25, -0.2) is 0 Å². The number of aryl methyl sites for hydroxylation is 1. The lowest BCUT2D eigenvalue weighted by molar-refractivity contribution is -0.120. The van der Waals surface area contributed by atoms with Crippen molar-refractivity contribution >= 4 is 16.9 Å². The van der Waals surface area contributed by atoms with E-state index in [4.69, 9.17) is 4.42 Å². The Bertz CT molecular complexity index is 790. The van der Waals surface area contributed by atoms with E-state index in [1.165, 1.54) is 11.1 Å². The predicted molar refractivity (Wildman–Crippen MR) is 92.5 cm³/mol. The van der Waals surface area contributed by atoms with E-state index in [2.05, 4.69) is 36.5 Å². The summed E-state index contributed by atoms with van der Waals surface area (Å²) >= 11 is 0. The van der Waals surface area contributed by atoms with Gasteiger partial charge in [-0.2, -0.15) is 0 Å². The van der Waals surface area contributed by atoms with Crippen LogP contribution in [-0.4, -0.2) is 12.5 Å². The number of nitrogens with one attached hydrogen (secondary N) is 1. The monoisotopic (exact) mass is 307 g/mol. The van der Waals surface area contributed by atoms with E-state index in [-0.39, 0.29) is 5.91 Å². The highest BCUT2D eigenvalue weighted by atomic mass is 16.3. The Kier molecular flexibility index (Phi) is 4.77. The lowest BCUT2D eigenvalue weighted by Crippen LogP contribution is -2.27. The Morgan fingerprint density at radius 2 is 1.91 bits per heavy atom. The number of benzene rings is 2. The first kappa shape index (κ1) is 15.3. The highest BCUT2D eigenvalue weighted by molar-refractivity contribution is 5.88. The Labute approximate surface area is 136 Å². The first-order valence-electron chi connectivity index (χ1n) is 8.06. The van der Waals surface area contributed by atoms with E-state index in [0.29, 0.717) is 13.0 Å². The zero-order chi connectivity index (χ0) is 16.1. The molecule has 1 aromatic heterocycles. The molecule has 0 atom stereocenters. The summed E-state index contributed by atoms with van der Waals surface area (Å²) in [5, 5.41) is 4.03. The van der Waals surface area contributed by atoms with E-state index >= 15 is 0 Å². The minimum absolute atomic E-state index is 0.0329. The van der Waals surface area contributed by atoms with Crippen molar-refractivity contribution in [3.8, 4) is 0 Å². The van der Waals surface area contributed by atoms with Crippen LogP contribution in [0.4, 0.5) is 0 Å². The van der Waals surface area contributed by atoms with Crippen molar-refractivity contribution in [3.05, 3.63) is 71.5 Å². The van der Waals surface area contributed by atoms with Crippen molar-refractivity contribution < 1.29 is 9.21 Å². The fourth-order valence-electron chi connectivity index (χ4n) is 2.71. The van der Waals surface area contributed by atoms with Gasteiger partial charge in [0.2, 0.25) is 5.91 Å². The van der Waals surface area contributed by atoms with E-state index in [0.717, 1.165) is 29.4 Å². The maximum absolute atomic E-state index is 12.1. The molecule has 3 nitrogen and oxygen atoms in total. The van der Waals surface area contributed by atoms with Gasteiger partial charge in [-0.05, 0) is 36.1 Å². The Balaban J connectivity index is 1.59. The summed E-state index contributed by atoms with van der Waals surface area (Å²) in [6.07, 6.45) is 3.87. The van der Waals surface area contributed by atoms with Gasteiger partial charge in [0.25, 0.3) is 0 Å². The zero-order valence-electron chi connectivity index (χ0n) is 13.3. The molecule has 0 unspecified atom stereocenters. The zero-order valence-corrected chi connectivity index (χ0v) is 13.3. The first-order valence-corrected chi connectivity index (χ1v) is 8.06. The quantitative estimate of drug-likeness (QED) is 0.750. The Hall–Kier alpha value is -2.55. The summed E-state index contributed by atoms with van der Waals surface area (Å²) < 4.78 is 5.54. The second-order valence-corrected chi connectivity index (χ2v) is 5.71.